The SMILES string of the molecule is CCCCCCCC/C=C\CCCCCCCC(=O)OCCCCCCC(O)(CCCCCCOC(=O)CCCCCCC/C=C\CCCCCCCC)CCCCN1CCOCC1. The van der Waals surface area contributed by atoms with E-state index in [9.17, 15) is 14.7 Å². The van der Waals surface area contributed by atoms with E-state index in [-0.39, 0.29) is 11.9 Å². The second-order valence-electron chi connectivity index (χ2n) is 19.6. The molecule has 1 N–H and O–H groups in total. The van der Waals surface area contributed by atoms with Crippen LogP contribution in [0.2, 0.25) is 0 Å². The van der Waals surface area contributed by atoms with Gasteiger partial charge < -0.3 is 19.3 Å². The predicted octanol–water partition coefficient (Wildman–Crippen LogP) is 16.3. The van der Waals surface area contributed by atoms with Gasteiger partial charge in [0, 0.05) is 25.9 Å². The Bertz CT molecular complexity index is 989. The second-order valence-corrected chi connectivity index (χ2v) is 19.6. The van der Waals surface area contributed by atoms with Crippen molar-refractivity contribution >= 4 is 11.9 Å². The Hall–Kier alpha value is -1.70. The van der Waals surface area contributed by atoms with Gasteiger partial charge in [-0.25, -0.2) is 0 Å². The van der Waals surface area contributed by atoms with Crippen LogP contribution in [0.1, 0.15) is 277 Å². The maximum absolute atomic E-state index is 12.3. The van der Waals surface area contributed by atoms with Crippen LogP contribution in [0.25, 0.3) is 0 Å². The van der Waals surface area contributed by atoms with Crippen LogP contribution in [0.5, 0.6) is 0 Å². The van der Waals surface area contributed by atoms with Crippen molar-refractivity contribution in [1.82, 2.24) is 4.90 Å². The molecule has 1 aliphatic rings. The minimum atomic E-state index is -0.613. The summed E-state index contributed by atoms with van der Waals surface area (Å²) in [4.78, 5) is 27.0. The quantitative estimate of drug-likeness (QED) is 0.0370. The van der Waals surface area contributed by atoms with Crippen molar-refractivity contribution < 1.29 is 28.9 Å². The van der Waals surface area contributed by atoms with Crippen LogP contribution in [0.15, 0.2) is 24.3 Å². The smallest absolute Gasteiger partial charge is 0.305 e. The molecule has 0 aromatic heterocycles. The van der Waals surface area contributed by atoms with E-state index in [4.69, 9.17) is 14.2 Å². The highest BCUT2D eigenvalue weighted by Crippen LogP contribution is 2.29. The lowest BCUT2D eigenvalue weighted by atomic mass is 9.85. The summed E-state index contributed by atoms with van der Waals surface area (Å²) in [5.41, 5.74) is -0.613. The number of unbranched alkanes of at least 4 members (excludes halogenated alkanes) is 29. The monoisotopic (exact) mass is 902 g/mol. The summed E-state index contributed by atoms with van der Waals surface area (Å²) in [6.07, 6.45) is 56.0. The molecule has 0 spiro atoms. The molecule has 0 radical (unpaired) electrons. The maximum atomic E-state index is 12.3. The van der Waals surface area contributed by atoms with Crippen LogP contribution in [0.4, 0.5) is 0 Å². The number of rotatable bonds is 49. The molecular formula is C57H107NO6. The van der Waals surface area contributed by atoms with E-state index in [1.807, 2.05) is 0 Å². The molecule has 376 valence electrons. The Labute approximate surface area is 397 Å². The third-order valence-electron chi connectivity index (χ3n) is 13.4. The van der Waals surface area contributed by atoms with E-state index >= 15 is 0 Å². The minimum Gasteiger partial charge on any atom is -0.466 e. The fourth-order valence-electron chi connectivity index (χ4n) is 9.01. The zero-order chi connectivity index (χ0) is 46.1. The average Bonchev–Trinajstić information content (AvgIpc) is 3.30. The molecule has 1 saturated heterocycles. The molecule has 7 nitrogen and oxygen atoms in total. The van der Waals surface area contributed by atoms with Crippen molar-refractivity contribution in [3.63, 3.8) is 0 Å². The van der Waals surface area contributed by atoms with Gasteiger partial charge in [0.2, 0.25) is 0 Å². The van der Waals surface area contributed by atoms with Gasteiger partial charge in [-0.3, -0.25) is 14.5 Å². The summed E-state index contributed by atoms with van der Waals surface area (Å²) in [5, 5.41) is 11.8. The maximum Gasteiger partial charge on any atom is 0.305 e. The van der Waals surface area contributed by atoms with E-state index in [0.717, 1.165) is 142 Å². The van der Waals surface area contributed by atoms with Gasteiger partial charge in [0.1, 0.15) is 0 Å². The molecule has 64 heavy (non-hydrogen) atoms. The number of carbonyl (C=O) groups is 2. The van der Waals surface area contributed by atoms with Crippen LogP contribution in [-0.4, -0.2) is 73.6 Å². The average molecular weight is 902 g/mol. The highest BCUT2D eigenvalue weighted by atomic mass is 16.5. The zero-order valence-corrected chi connectivity index (χ0v) is 42.7. The molecule has 1 fully saturated rings. The lowest BCUT2D eigenvalue weighted by molar-refractivity contribution is -0.144. The first-order valence-electron chi connectivity index (χ1n) is 28.1. The lowest BCUT2D eigenvalue weighted by Crippen LogP contribution is -2.37. The first-order chi connectivity index (χ1) is 31.5. The molecule has 0 bridgehead atoms. The number of hydrogen-bond donors (Lipinski definition) is 1. The largest absolute Gasteiger partial charge is 0.466 e. The van der Waals surface area contributed by atoms with Gasteiger partial charge in [0.25, 0.3) is 0 Å². The molecule has 0 aromatic carbocycles. The standard InChI is InChI=1S/C57H107NO6/c1-3-5-7-9-11-13-15-17-19-21-23-25-27-29-35-43-55(59)63-51-41-33-31-37-45-57(61,47-39-40-48-58-49-53-62-54-50-58)46-38-32-34-42-52-64-56(60)44-36-30-28-26-24-22-20-18-16-14-12-10-8-6-4-2/h17-20,61H,3-16,21-54H2,1-2H3/b19-17-,20-18-. The van der Waals surface area contributed by atoms with Crippen LogP contribution in [0.3, 0.4) is 0 Å². The Kier molecular flexibility index (Phi) is 45.0. The number of nitrogens with zero attached hydrogens (tertiary/aromatic N) is 1. The number of esters is 2. The molecular weight excluding hydrogens is 795 g/mol. The second kappa shape index (κ2) is 47.8. The van der Waals surface area contributed by atoms with Gasteiger partial charge in [-0.05, 0) is 116 Å². The molecule has 0 aliphatic carbocycles. The van der Waals surface area contributed by atoms with Gasteiger partial charge in [0.05, 0.1) is 32.0 Å². The Morgan fingerprint density at radius 1 is 0.453 bits per heavy atom. The van der Waals surface area contributed by atoms with Crippen LogP contribution in [-0.2, 0) is 23.8 Å². The number of aliphatic hydroxyl groups is 1. The van der Waals surface area contributed by atoms with Crippen molar-refractivity contribution in [2.45, 2.75) is 283 Å². The van der Waals surface area contributed by atoms with Gasteiger partial charge in [-0.1, -0.05) is 179 Å². The summed E-state index contributed by atoms with van der Waals surface area (Å²) in [7, 11) is 0. The van der Waals surface area contributed by atoms with Crippen molar-refractivity contribution in [1.29, 1.82) is 0 Å². The molecule has 1 rings (SSSR count). The number of allylic oxidation sites excluding steroid dienone is 4. The third-order valence-corrected chi connectivity index (χ3v) is 13.4. The highest BCUT2D eigenvalue weighted by molar-refractivity contribution is 5.69. The van der Waals surface area contributed by atoms with Crippen molar-refractivity contribution in [2.75, 3.05) is 46.1 Å². The van der Waals surface area contributed by atoms with Crippen LogP contribution >= 0.6 is 0 Å². The van der Waals surface area contributed by atoms with E-state index in [0.29, 0.717) is 26.1 Å². The van der Waals surface area contributed by atoms with E-state index in [1.165, 1.54) is 141 Å². The van der Waals surface area contributed by atoms with Gasteiger partial charge in [-0.2, -0.15) is 0 Å². The summed E-state index contributed by atoms with van der Waals surface area (Å²) < 4.78 is 16.6. The van der Waals surface area contributed by atoms with E-state index < -0.39 is 5.60 Å². The normalized spacial score (nSPS) is 13.7. The molecule has 0 atom stereocenters. The molecule has 7 heteroatoms. The fourth-order valence-corrected chi connectivity index (χ4v) is 9.01. The van der Waals surface area contributed by atoms with Crippen LogP contribution in [0, 0.1) is 0 Å². The van der Waals surface area contributed by atoms with Crippen molar-refractivity contribution in [3.05, 3.63) is 24.3 Å². The number of ether oxygens (including phenoxy) is 3. The van der Waals surface area contributed by atoms with Crippen molar-refractivity contribution in [3.8, 4) is 0 Å². The number of carbonyl (C=O) groups excluding carboxylic acids is 2. The highest BCUT2D eigenvalue weighted by Gasteiger charge is 2.25. The Morgan fingerprint density at radius 3 is 1.19 bits per heavy atom. The summed E-state index contributed by atoms with van der Waals surface area (Å²) in [5.74, 6) is -0.0908. The van der Waals surface area contributed by atoms with E-state index in [1.54, 1.807) is 0 Å². The minimum absolute atomic E-state index is 0.0454. The van der Waals surface area contributed by atoms with E-state index in [2.05, 4.69) is 43.1 Å². The fraction of sp³-hybridized carbons (Fsp3) is 0.895. The first kappa shape index (κ1) is 60.3. The molecule has 0 amide bonds. The molecule has 1 heterocycles. The Morgan fingerprint density at radius 2 is 0.781 bits per heavy atom. The summed E-state index contributed by atoms with van der Waals surface area (Å²) in [6.45, 7) is 10.4. The van der Waals surface area contributed by atoms with Gasteiger partial charge in [0.15, 0.2) is 0 Å². The molecule has 1 aliphatic heterocycles. The Balaban J connectivity index is 2.11. The topological polar surface area (TPSA) is 85.3 Å². The predicted molar refractivity (Wildman–Crippen MR) is 273 cm³/mol. The molecule has 0 aromatic rings. The summed E-state index contributed by atoms with van der Waals surface area (Å²) >= 11 is 0. The molecule has 0 saturated carbocycles. The number of hydrogen-bond acceptors (Lipinski definition) is 7. The third kappa shape index (κ3) is 42.9. The van der Waals surface area contributed by atoms with Gasteiger partial charge in [-0.15, -0.1) is 0 Å². The van der Waals surface area contributed by atoms with Crippen molar-refractivity contribution in [2.24, 2.45) is 0 Å². The van der Waals surface area contributed by atoms with Gasteiger partial charge >= 0.3 is 11.9 Å². The lowest BCUT2D eigenvalue weighted by Gasteiger charge is -2.30. The zero-order valence-electron chi connectivity index (χ0n) is 42.7. The van der Waals surface area contributed by atoms with Crippen LogP contribution < -0.4 is 0 Å². The molecule has 0 unspecified atom stereocenters. The first-order valence-corrected chi connectivity index (χ1v) is 28.1. The number of morpholine rings is 1. The summed E-state index contributed by atoms with van der Waals surface area (Å²) in [6, 6.07) is 0.